The van der Waals surface area contributed by atoms with Crippen molar-refractivity contribution in [1.82, 2.24) is 14.8 Å². The molecule has 0 atom stereocenters. The second-order valence-corrected chi connectivity index (χ2v) is 4.95. The van der Waals surface area contributed by atoms with E-state index in [4.69, 9.17) is 4.42 Å². The molecule has 8 heteroatoms. The van der Waals surface area contributed by atoms with Crippen molar-refractivity contribution in [3.05, 3.63) is 74.5 Å². The maximum atomic E-state index is 12.0. The molecule has 0 aliphatic rings. The fourth-order valence-corrected chi connectivity index (χ4v) is 2.30. The monoisotopic (exact) mass is 312 g/mol. The van der Waals surface area contributed by atoms with Crippen LogP contribution in [-0.4, -0.2) is 19.7 Å². The molecule has 0 aliphatic carbocycles. The molecule has 0 bridgehead atoms. The van der Waals surface area contributed by atoms with E-state index in [0.717, 1.165) is 0 Å². The van der Waals surface area contributed by atoms with Gasteiger partial charge in [-0.15, -0.1) is 10.2 Å². The molecule has 0 unspecified atom stereocenters. The first kappa shape index (κ1) is 14.6. The molecular formula is C15H12N4O4. The predicted molar refractivity (Wildman–Crippen MR) is 80.9 cm³/mol. The van der Waals surface area contributed by atoms with Gasteiger partial charge in [-0.05, 0) is 18.6 Å². The lowest BCUT2D eigenvalue weighted by Gasteiger charge is -2.09. The van der Waals surface area contributed by atoms with Crippen molar-refractivity contribution in [2.24, 2.45) is 0 Å². The summed E-state index contributed by atoms with van der Waals surface area (Å²) >= 11 is 0. The van der Waals surface area contributed by atoms with Crippen LogP contribution in [0.5, 0.6) is 0 Å². The van der Waals surface area contributed by atoms with E-state index >= 15 is 0 Å². The molecule has 8 nitrogen and oxygen atoms in total. The lowest BCUT2D eigenvalue weighted by molar-refractivity contribution is -0.385. The summed E-state index contributed by atoms with van der Waals surface area (Å²) < 4.78 is 6.56. The lowest BCUT2D eigenvalue weighted by Crippen LogP contribution is -2.19. The molecule has 23 heavy (non-hydrogen) atoms. The Morgan fingerprint density at radius 2 is 2.13 bits per heavy atom. The zero-order valence-electron chi connectivity index (χ0n) is 12.2. The number of nitro benzene ring substituents is 1. The maximum absolute atomic E-state index is 12.0. The van der Waals surface area contributed by atoms with Crippen LogP contribution in [0.3, 0.4) is 0 Å². The topological polar surface area (TPSA) is 104 Å². The standard InChI is InChI=1S/C15H12N4O4/c1-10-11(3-2-4-13(10)19(21)22)7-18-8-12(5-6-14(18)20)15-17-16-9-23-15/h2-6,8-9H,7H2,1H3. The summed E-state index contributed by atoms with van der Waals surface area (Å²) in [6.07, 6.45) is 2.80. The Morgan fingerprint density at radius 3 is 2.83 bits per heavy atom. The first-order valence-corrected chi connectivity index (χ1v) is 6.76. The zero-order chi connectivity index (χ0) is 16.4. The van der Waals surface area contributed by atoms with Crippen LogP contribution in [0.15, 0.2) is 52.1 Å². The number of nitro groups is 1. The summed E-state index contributed by atoms with van der Waals surface area (Å²) in [5, 5.41) is 18.4. The molecule has 1 aromatic carbocycles. The van der Waals surface area contributed by atoms with Gasteiger partial charge >= 0.3 is 0 Å². The lowest BCUT2D eigenvalue weighted by atomic mass is 10.1. The predicted octanol–water partition coefficient (Wildman–Crippen LogP) is 2.16. The third kappa shape index (κ3) is 2.86. The van der Waals surface area contributed by atoms with Gasteiger partial charge in [0.05, 0.1) is 17.0 Å². The van der Waals surface area contributed by atoms with Gasteiger partial charge in [0.15, 0.2) is 0 Å². The number of hydrogen-bond donors (Lipinski definition) is 0. The molecule has 0 amide bonds. The van der Waals surface area contributed by atoms with Crippen LogP contribution < -0.4 is 5.56 Å². The second kappa shape index (κ2) is 5.84. The van der Waals surface area contributed by atoms with Gasteiger partial charge in [0.25, 0.3) is 11.2 Å². The molecule has 3 aromatic rings. The Balaban J connectivity index is 2.01. The van der Waals surface area contributed by atoms with Gasteiger partial charge in [0.2, 0.25) is 12.3 Å². The van der Waals surface area contributed by atoms with Crippen LogP contribution in [0, 0.1) is 17.0 Å². The van der Waals surface area contributed by atoms with Crippen LogP contribution in [-0.2, 0) is 6.54 Å². The highest BCUT2D eigenvalue weighted by Crippen LogP contribution is 2.22. The first-order valence-electron chi connectivity index (χ1n) is 6.76. The van der Waals surface area contributed by atoms with Crippen molar-refractivity contribution in [3.63, 3.8) is 0 Å². The molecule has 2 aromatic heterocycles. The summed E-state index contributed by atoms with van der Waals surface area (Å²) in [5.41, 5.74) is 1.64. The van der Waals surface area contributed by atoms with E-state index in [1.54, 1.807) is 31.3 Å². The fourth-order valence-electron chi connectivity index (χ4n) is 2.30. The quantitative estimate of drug-likeness (QED) is 0.540. The van der Waals surface area contributed by atoms with Gasteiger partial charge in [-0.1, -0.05) is 12.1 Å². The number of aromatic nitrogens is 3. The molecule has 2 heterocycles. The highest BCUT2D eigenvalue weighted by Gasteiger charge is 2.14. The van der Waals surface area contributed by atoms with Gasteiger partial charge in [0, 0.05) is 23.9 Å². The first-order chi connectivity index (χ1) is 11.1. The third-order valence-corrected chi connectivity index (χ3v) is 3.55. The normalized spacial score (nSPS) is 10.7. The highest BCUT2D eigenvalue weighted by molar-refractivity contribution is 5.50. The van der Waals surface area contributed by atoms with E-state index < -0.39 is 4.92 Å². The Morgan fingerprint density at radius 1 is 1.30 bits per heavy atom. The zero-order valence-corrected chi connectivity index (χ0v) is 12.2. The van der Waals surface area contributed by atoms with Crippen LogP contribution in [0.1, 0.15) is 11.1 Å². The van der Waals surface area contributed by atoms with E-state index in [9.17, 15) is 14.9 Å². The molecule has 3 rings (SSSR count). The van der Waals surface area contributed by atoms with E-state index in [1.807, 2.05) is 0 Å². The molecule has 0 fully saturated rings. The summed E-state index contributed by atoms with van der Waals surface area (Å²) in [6, 6.07) is 7.79. The summed E-state index contributed by atoms with van der Waals surface area (Å²) in [7, 11) is 0. The van der Waals surface area contributed by atoms with E-state index in [0.29, 0.717) is 22.6 Å². The van der Waals surface area contributed by atoms with Crippen LogP contribution in [0.4, 0.5) is 5.69 Å². The van der Waals surface area contributed by atoms with Gasteiger partial charge in [-0.2, -0.15) is 0 Å². The van der Waals surface area contributed by atoms with E-state index in [-0.39, 0.29) is 17.8 Å². The minimum Gasteiger partial charge on any atom is -0.423 e. The fraction of sp³-hybridized carbons (Fsp3) is 0.133. The van der Waals surface area contributed by atoms with E-state index in [1.165, 1.54) is 23.1 Å². The number of nitrogens with zero attached hydrogens (tertiary/aromatic N) is 4. The van der Waals surface area contributed by atoms with Crippen molar-refractivity contribution in [1.29, 1.82) is 0 Å². The van der Waals surface area contributed by atoms with Gasteiger partial charge < -0.3 is 8.98 Å². The minimum absolute atomic E-state index is 0.0311. The van der Waals surface area contributed by atoms with Crippen molar-refractivity contribution < 1.29 is 9.34 Å². The van der Waals surface area contributed by atoms with Crippen molar-refractivity contribution in [2.75, 3.05) is 0 Å². The number of hydrogen-bond acceptors (Lipinski definition) is 6. The molecule has 0 aliphatic heterocycles. The molecule has 0 N–H and O–H groups in total. The summed E-state index contributed by atoms with van der Waals surface area (Å²) in [4.78, 5) is 22.6. The van der Waals surface area contributed by atoms with Gasteiger partial charge in [0.1, 0.15) is 0 Å². The largest absolute Gasteiger partial charge is 0.423 e. The van der Waals surface area contributed by atoms with Gasteiger partial charge in [-0.3, -0.25) is 14.9 Å². The molecule has 116 valence electrons. The molecule has 0 saturated carbocycles. The average molecular weight is 312 g/mol. The summed E-state index contributed by atoms with van der Waals surface area (Å²) in [5.74, 6) is 0.300. The summed E-state index contributed by atoms with van der Waals surface area (Å²) in [6.45, 7) is 1.88. The SMILES string of the molecule is Cc1c(Cn2cc(-c3nnco3)ccc2=O)cccc1[N+](=O)[O-]. The molecule has 0 saturated heterocycles. The number of rotatable bonds is 4. The Bertz CT molecular complexity index is 915. The second-order valence-electron chi connectivity index (χ2n) is 4.95. The van der Waals surface area contributed by atoms with E-state index in [2.05, 4.69) is 10.2 Å². The maximum Gasteiger partial charge on any atom is 0.272 e. The minimum atomic E-state index is -0.434. The Labute approximate surface area is 130 Å². The van der Waals surface area contributed by atoms with Gasteiger partial charge in [-0.25, -0.2) is 0 Å². The highest BCUT2D eigenvalue weighted by atomic mass is 16.6. The Hall–Kier alpha value is -3.29. The van der Waals surface area contributed by atoms with Crippen molar-refractivity contribution in [2.45, 2.75) is 13.5 Å². The van der Waals surface area contributed by atoms with Crippen LogP contribution in [0.2, 0.25) is 0 Å². The van der Waals surface area contributed by atoms with Crippen LogP contribution in [0.25, 0.3) is 11.5 Å². The molecular weight excluding hydrogens is 300 g/mol. The molecule has 0 radical (unpaired) electrons. The third-order valence-electron chi connectivity index (χ3n) is 3.55. The van der Waals surface area contributed by atoms with Crippen molar-refractivity contribution in [3.8, 4) is 11.5 Å². The number of pyridine rings is 1. The average Bonchev–Trinajstić information content (AvgIpc) is 3.05. The smallest absolute Gasteiger partial charge is 0.272 e. The van der Waals surface area contributed by atoms with Crippen molar-refractivity contribution >= 4 is 5.69 Å². The van der Waals surface area contributed by atoms with Crippen LogP contribution >= 0.6 is 0 Å². The number of benzene rings is 1. The molecule has 0 spiro atoms. The Kier molecular flexibility index (Phi) is 3.71.